The second-order valence-corrected chi connectivity index (χ2v) is 5.70. The molecule has 0 aromatic heterocycles. The van der Waals surface area contributed by atoms with Crippen LogP contribution in [0.2, 0.25) is 0 Å². The summed E-state index contributed by atoms with van der Waals surface area (Å²) in [6, 6.07) is 14.0. The Bertz CT molecular complexity index is 655. The van der Waals surface area contributed by atoms with Gasteiger partial charge < -0.3 is 9.64 Å². The zero-order valence-electron chi connectivity index (χ0n) is 11.1. The van der Waals surface area contributed by atoms with Crippen molar-refractivity contribution in [2.24, 2.45) is 0 Å². The molecule has 0 fully saturated rings. The average Bonchev–Trinajstić information content (AvgIpc) is 2.43. The Labute approximate surface area is 126 Å². The van der Waals surface area contributed by atoms with Crippen molar-refractivity contribution in [1.82, 2.24) is 0 Å². The van der Waals surface area contributed by atoms with Gasteiger partial charge in [-0.05, 0) is 46.1 Å². The normalized spacial score (nSPS) is 13.9. The Balaban J connectivity index is 2.02. The first-order chi connectivity index (χ1) is 9.65. The molecule has 0 saturated carbocycles. The fourth-order valence-electron chi connectivity index (χ4n) is 2.34. The monoisotopic (exact) mass is 331 g/mol. The van der Waals surface area contributed by atoms with E-state index in [9.17, 15) is 4.79 Å². The zero-order chi connectivity index (χ0) is 14.1. The molecule has 4 heteroatoms. The Kier molecular flexibility index (Phi) is 3.49. The molecule has 0 atom stereocenters. The van der Waals surface area contributed by atoms with Gasteiger partial charge in [-0.15, -0.1) is 0 Å². The van der Waals surface area contributed by atoms with Gasteiger partial charge in [0.2, 0.25) is 0 Å². The number of hydrogen-bond acceptors (Lipinski definition) is 2. The minimum absolute atomic E-state index is 0.0150. The van der Waals surface area contributed by atoms with E-state index in [0.29, 0.717) is 6.54 Å². The fraction of sp³-hybridized carbons (Fsp3) is 0.188. The lowest BCUT2D eigenvalue weighted by Gasteiger charge is -2.30. The van der Waals surface area contributed by atoms with E-state index in [0.717, 1.165) is 27.0 Å². The maximum atomic E-state index is 12.2. The summed E-state index contributed by atoms with van der Waals surface area (Å²) in [6.07, 6.45) is 0. The second-order valence-electron chi connectivity index (χ2n) is 4.85. The molecule has 2 aromatic rings. The standard InChI is InChI=1S/C16H14BrNO2/c1-11-7-13(17)16-14(8-11)18(15(19)10-20-16)9-12-5-3-2-4-6-12/h2-8H,9-10H2,1H3. The summed E-state index contributed by atoms with van der Waals surface area (Å²) in [5.74, 6) is 0.727. The van der Waals surface area contributed by atoms with Gasteiger partial charge in [0.1, 0.15) is 0 Å². The Morgan fingerprint density at radius 3 is 2.75 bits per heavy atom. The molecular formula is C16H14BrNO2. The third-order valence-corrected chi connectivity index (χ3v) is 3.87. The number of nitrogens with zero attached hydrogens (tertiary/aromatic N) is 1. The van der Waals surface area contributed by atoms with E-state index >= 15 is 0 Å². The first-order valence-electron chi connectivity index (χ1n) is 6.42. The number of hydrogen-bond donors (Lipinski definition) is 0. The van der Waals surface area contributed by atoms with E-state index in [1.165, 1.54) is 0 Å². The van der Waals surface area contributed by atoms with E-state index in [1.807, 2.05) is 49.4 Å². The van der Waals surface area contributed by atoms with Crippen molar-refractivity contribution in [1.29, 1.82) is 0 Å². The predicted octanol–water partition coefficient (Wildman–Crippen LogP) is 3.68. The van der Waals surface area contributed by atoms with Crippen LogP contribution in [0.15, 0.2) is 46.9 Å². The number of rotatable bonds is 2. The second kappa shape index (κ2) is 5.29. The summed E-state index contributed by atoms with van der Waals surface area (Å²) in [6.45, 7) is 2.65. The Morgan fingerprint density at radius 2 is 2.00 bits per heavy atom. The molecule has 1 aliphatic heterocycles. The number of ether oxygens (including phenoxy) is 1. The van der Waals surface area contributed by atoms with Gasteiger partial charge in [-0.25, -0.2) is 0 Å². The van der Waals surface area contributed by atoms with Crippen LogP contribution in [0.1, 0.15) is 11.1 Å². The molecular weight excluding hydrogens is 318 g/mol. The molecule has 1 aliphatic rings. The van der Waals surface area contributed by atoms with Crippen LogP contribution >= 0.6 is 15.9 Å². The van der Waals surface area contributed by atoms with Gasteiger partial charge in [-0.3, -0.25) is 4.79 Å². The van der Waals surface area contributed by atoms with Crippen LogP contribution in [-0.4, -0.2) is 12.5 Å². The summed E-state index contributed by atoms with van der Waals surface area (Å²) >= 11 is 3.50. The summed E-state index contributed by atoms with van der Waals surface area (Å²) in [4.78, 5) is 14.0. The molecule has 0 aliphatic carbocycles. The van der Waals surface area contributed by atoms with Crippen molar-refractivity contribution in [3.8, 4) is 5.75 Å². The smallest absolute Gasteiger partial charge is 0.265 e. The van der Waals surface area contributed by atoms with Crippen LogP contribution in [0.4, 0.5) is 5.69 Å². The maximum Gasteiger partial charge on any atom is 0.265 e. The van der Waals surface area contributed by atoms with E-state index in [4.69, 9.17) is 4.74 Å². The van der Waals surface area contributed by atoms with Crippen molar-refractivity contribution in [2.75, 3.05) is 11.5 Å². The van der Waals surface area contributed by atoms with E-state index in [2.05, 4.69) is 15.9 Å². The molecule has 20 heavy (non-hydrogen) atoms. The van der Waals surface area contributed by atoms with Crippen LogP contribution in [0.5, 0.6) is 5.75 Å². The Hall–Kier alpha value is -1.81. The zero-order valence-corrected chi connectivity index (χ0v) is 12.7. The van der Waals surface area contributed by atoms with Gasteiger partial charge in [0.25, 0.3) is 5.91 Å². The lowest BCUT2D eigenvalue weighted by Crippen LogP contribution is -2.38. The Morgan fingerprint density at radius 1 is 1.25 bits per heavy atom. The lowest BCUT2D eigenvalue weighted by molar-refractivity contribution is -0.121. The van der Waals surface area contributed by atoms with Crippen molar-refractivity contribution < 1.29 is 9.53 Å². The summed E-state index contributed by atoms with van der Waals surface area (Å²) in [5.41, 5.74) is 3.02. The van der Waals surface area contributed by atoms with E-state index < -0.39 is 0 Å². The van der Waals surface area contributed by atoms with Gasteiger partial charge in [-0.1, -0.05) is 30.3 Å². The molecule has 1 heterocycles. The van der Waals surface area contributed by atoms with Gasteiger partial charge >= 0.3 is 0 Å². The molecule has 0 N–H and O–H groups in total. The van der Waals surface area contributed by atoms with Crippen molar-refractivity contribution in [3.63, 3.8) is 0 Å². The highest BCUT2D eigenvalue weighted by Gasteiger charge is 2.27. The van der Waals surface area contributed by atoms with Crippen LogP contribution in [-0.2, 0) is 11.3 Å². The minimum atomic E-state index is -0.0150. The lowest BCUT2D eigenvalue weighted by atomic mass is 10.1. The third kappa shape index (κ3) is 2.43. The average molecular weight is 332 g/mol. The van der Waals surface area contributed by atoms with Crippen molar-refractivity contribution in [3.05, 3.63) is 58.1 Å². The minimum Gasteiger partial charge on any atom is -0.480 e. The number of aryl methyl sites for hydroxylation is 1. The quantitative estimate of drug-likeness (QED) is 0.840. The molecule has 3 nitrogen and oxygen atoms in total. The molecule has 0 radical (unpaired) electrons. The molecule has 0 saturated heterocycles. The predicted molar refractivity (Wildman–Crippen MR) is 82.0 cm³/mol. The summed E-state index contributed by atoms with van der Waals surface area (Å²) in [7, 11) is 0. The van der Waals surface area contributed by atoms with Crippen LogP contribution < -0.4 is 9.64 Å². The molecule has 102 valence electrons. The number of carbonyl (C=O) groups excluding carboxylic acids is 1. The number of anilines is 1. The van der Waals surface area contributed by atoms with Crippen molar-refractivity contribution >= 4 is 27.5 Å². The highest BCUT2D eigenvalue weighted by Crippen LogP contribution is 2.40. The van der Waals surface area contributed by atoms with Gasteiger partial charge in [0.05, 0.1) is 16.7 Å². The first-order valence-corrected chi connectivity index (χ1v) is 7.21. The number of amides is 1. The van der Waals surface area contributed by atoms with Crippen LogP contribution in [0.3, 0.4) is 0 Å². The maximum absolute atomic E-state index is 12.2. The van der Waals surface area contributed by atoms with Gasteiger partial charge in [0.15, 0.2) is 12.4 Å². The number of carbonyl (C=O) groups is 1. The molecule has 2 aromatic carbocycles. The van der Waals surface area contributed by atoms with Gasteiger partial charge in [0, 0.05) is 0 Å². The highest BCUT2D eigenvalue weighted by atomic mass is 79.9. The summed E-state index contributed by atoms with van der Waals surface area (Å²) < 4.78 is 6.44. The number of benzene rings is 2. The number of halogens is 1. The molecule has 0 spiro atoms. The largest absolute Gasteiger partial charge is 0.480 e. The van der Waals surface area contributed by atoms with E-state index in [1.54, 1.807) is 4.90 Å². The van der Waals surface area contributed by atoms with Crippen molar-refractivity contribution in [2.45, 2.75) is 13.5 Å². The topological polar surface area (TPSA) is 29.5 Å². The number of fused-ring (bicyclic) bond motifs is 1. The molecule has 3 rings (SSSR count). The molecule has 0 unspecified atom stereocenters. The van der Waals surface area contributed by atoms with Crippen LogP contribution in [0, 0.1) is 6.92 Å². The third-order valence-electron chi connectivity index (χ3n) is 3.28. The fourth-order valence-corrected chi connectivity index (χ4v) is 3.02. The van der Waals surface area contributed by atoms with Gasteiger partial charge in [-0.2, -0.15) is 0 Å². The SMILES string of the molecule is Cc1cc(Br)c2c(c1)N(Cc1ccccc1)C(=O)CO2. The first kappa shape index (κ1) is 13.2. The van der Waals surface area contributed by atoms with Crippen LogP contribution in [0.25, 0.3) is 0 Å². The highest BCUT2D eigenvalue weighted by molar-refractivity contribution is 9.10. The summed E-state index contributed by atoms with van der Waals surface area (Å²) in [5, 5.41) is 0. The molecule has 1 amide bonds. The molecule has 0 bridgehead atoms. The van der Waals surface area contributed by atoms with E-state index in [-0.39, 0.29) is 12.5 Å².